The molecule has 0 aliphatic heterocycles. The molecule has 0 radical (unpaired) electrons. The Bertz CT molecular complexity index is 500. The Morgan fingerprint density at radius 1 is 1.39 bits per heavy atom. The Hall–Kier alpha value is -1.82. The number of thiophene rings is 1. The molecule has 2 N–H and O–H groups in total. The number of hydrogen-bond donors (Lipinski definition) is 2. The van der Waals surface area contributed by atoms with Crippen molar-refractivity contribution in [1.29, 1.82) is 0 Å². The van der Waals surface area contributed by atoms with E-state index in [-0.39, 0.29) is 6.03 Å². The van der Waals surface area contributed by atoms with E-state index in [0.717, 1.165) is 22.6 Å². The summed E-state index contributed by atoms with van der Waals surface area (Å²) in [6.07, 6.45) is 0. The van der Waals surface area contributed by atoms with Gasteiger partial charge in [-0.1, -0.05) is 5.16 Å². The molecule has 6 heteroatoms. The highest BCUT2D eigenvalue weighted by Crippen LogP contribution is 2.11. The lowest BCUT2D eigenvalue weighted by molar-refractivity contribution is 0.240. The standard InChI is InChI=1S/C12H15N3O2S/c1-8-11(9(2)17-15-8)6-14-12(16)13-5-10-3-4-18-7-10/h3-4,7H,5-6H2,1-2H3,(H2,13,14,16). The van der Waals surface area contributed by atoms with Crippen LogP contribution in [0.4, 0.5) is 4.79 Å². The SMILES string of the molecule is Cc1noc(C)c1CNC(=O)NCc1ccsc1. The first-order valence-corrected chi connectivity index (χ1v) is 6.55. The highest BCUT2D eigenvalue weighted by Gasteiger charge is 2.09. The van der Waals surface area contributed by atoms with Gasteiger partial charge >= 0.3 is 6.03 Å². The molecule has 0 saturated heterocycles. The molecule has 2 aromatic heterocycles. The quantitative estimate of drug-likeness (QED) is 0.891. The van der Waals surface area contributed by atoms with Gasteiger partial charge in [-0.05, 0) is 36.2 Å². The van der Waals surface area contributed by atoms with Gasteiger partial charge in [0.1, 0.15) is 5.76 Å². The summed E-state index contributed by atoms with van der Waals surface area (Å²) in [5.41, 5.74) is 2.85. The van der Waals surface area contributed by atoms with E-state index in [1.54, 1.807) is 11.3 Å². The Labute approximate surface area is 109 Å². The normalized spacial score (nSPS) is 10.3. The molecule has 0 atom stereocenters. The number of aromatic nitrogens is 1. The molecule has 2 rings (SSSR count). The zero-order valence-corrected chi connectivity index (χ0v) is 11.1. The topological polar surface area (TPSA) is 67.2 Å². The van der Waals surface area contributed by atoms with Crippen LogP contribution in [0.25, 0.3) is 0 Å². The number of urea groups is 1. The van der Waals surface area contributed by atoms with E-state index in [1.807, 2.05) is 30.7 Å². The first kappa shape index (κ1) is 12.6. The fraction of sp³-hybridized carbons (Fsp3) is 0.333. The Balaban J connectivity index is 1.78. The van der Waals surface area contributed by atoms with Gasteiger partial charge in [0.25, 0.3) is 0 Å². The average Bonchev–Trinajstić information content (AvgIpc) is 2.96. The van der Waals surface area contributed by atoms with Crippen LogP contribution in [0.1, 0.15) is 22.6 Å². The van der Waals surface area contributed by atoms with Gasteiger partial charge in [-0.25, -0.2) is 4.79 Å². The molecule has 0 fully saturated rings. The zero-order chi connectivity index (χ0) is 13.0. The van der Waals surface area contributed by atoms with Crippen molar-refractivity contribution < 1.29 is 9.32 Å². The molecule has 0 aromatic carbocycles. The molecule has 2 amide bonds. The van der Waals surface area contributed by atoms with Crippen LogP contribution in [0.2, 0.25) is 0 Å². The minimum absolute atomic E-state index is 0.193. The van der Waals surface area contributed by atoms with Crippen LogP contribution in [-0.4, -0.2) is 11.2 Å². The maximum Gasteiger partial charge on any atom is 0.315 e. The van der Waals surface area contributed by atoms with E-state index in [0.29, 0.717) is 13.1 Å². The first-order valence-electron chi connectivity index (χ1n) is 5.61. The fourth-order valence-corrected chi connectivity index (χ4v) is 2.23. The van der Waals surface area contributed by atoms with Gasteiger partial charge < -0.3 is 15.2 Å². The van der Waals surface area contributed by atoms with Crippen molar-refractivity contribution in [3.63, 3.8) is 0 Å². The number of nitrogens with one attached hydrogen (secondary N) is 2. The van der Waals surface area contributed by atoms with Gasteiger partial charge in [0.15, 0.2) is 0 Å². The van der Waals surface area contributed by atoms with Crippen molar-refractivity contribution in [2.24, 2.45) is 0 Å². The minimum Gasteiger partial charge on any atom is -0.361 e. The Morgan fingerprint density at radius 2 is 2.17 bits per heavy atom. The van der Waals surface area contributed by atoms with Crippen LogP contribution in [0.15, 0.2) is 21.3 Å². The second kappa shape index (κ2) is 5.68. The van der Waals surface area contributed by atoms with E-state index in [2.05, 4.69) is 15.8 Å². The van der Waals surface area contributed by atoms with Crippen LogP contribution in [0, 0.1) is 13.8 Å². The third-order valence-electron chi connectivity index (χ3n) is 2.64. The number of nitrogens with zero attached hydrogens (tertiary/aromatic N) is 1. The summed E-state index contributed by atoms with van der Waals surface area (Å²) >= 11 is 1.61. The van der Waals surface area contributed by atoms with Crippen molar-refractivity contribution >= 4 is 17.4 Å². The predicted octanol–water partition coefficient (Wildman–Crippen LogP) is 2.35. The highest BCUT2D eigenvalue weighted by molar-refractivity contribution is 7.07. The molecule has 0 unspecified atom stereocenters. The Morgan fingerprint density at radius 3 is 2.78 bits per heavy atom. The third-order valence-corrected chi connectivity index (χ3v) is 3.37. The monoisotopic (exact) mass is 265 g/mol. The maximum atomic E-state index is 11.6. The van der Waals surface area contributed by atoms with E-state index in [9.17, 15) is 4.79 Å². The number of aryl methyl sites for hydroxylation is 2. The molecular weight excluding hydrogens is 250 g/mol. The third kappa shape index (κ3) is 3.10. The van der Waals surface area contributed by atoms with Gasteiger partial charge in [0.2, 0.25) is 0 Å². The van der Waals surface area contributed by atoms with Crippen molar-refractivity contribution in [3.05, 3.63) is 39.4 Å². The van der Waals surface area contributed by atoms with Crippen LogP contribution >= 0.6 is 11.3 Å². The van der Waals surface area contributed by atoms with Crippen molar-refractivity contribution in [2.75, 3.05) is 0 Å². The van der Waals surface area contributed by atoms with E-state index in [4.69, 9.17) is 4.52 Å². The molecule has 0 aliphatic carbocycles. The molecular formula is C12H15N3O2S. The maximum absolute atomic E-state index is 11.6. The van der Waals surface area contributed by atoms with Crippen molar-refractivity contribution in [1.82, 2.24) is 15.8 Å². The van der Waals surface area contributed by atoms with Crippen molar-refractivity contribution in [2.45, 2.75) is 26.9 Å². The molecule has 0 bridgehead atoms. The smallest absolute Gasteiger partial charge is 0.315 e. The molecule has 18 heavy (non-hydrogen) atoms. The molecule has 96 valence electrons. The van der Waals surface area contributed by atoms with Gasteiger partial charge in [-0.3, -0.25) is 0 Å². The second-order valence-corrected chi connectivity index (χ2v) is 4.75. The number of carbonyl (C=O) groups excluding carboxylic acids is 1. The Kier molecular flexibility index (Phi) is 3.99. The lowest BCUT2D eigenvalue weighted by Gasteiger charge is -2.06. The lowest BCUT2D eigenvalue weighted by atomic mass is 10.2. The van der Waals surface area contributed by atoms with Crippen LogP contribution in [0.5, 0.6) is 0 Å². The fourth-order valence-electron chi connectivity index (χ4n) is 1.56. The number of amides is 2. The summed E-state index contributed by atoms with van der Waals surface area (Å²) in [6.45, 7) is 4.66. The molecule has 5 nitrogen and oxygen atoms in total. The van der Waals surface area contributed by atoms with E-state index >= 15 is 0 Å². The van der Waals surface area contributed by atoms with Crippen molar-refractivity contribution in [3.8, 4) is 0 Å². The molecule has 0 aliphatic rings. The highest BCUT2D eigenvalue weighted by atomic mass is 32.1. The first-order chi connectivity index (χ1) is 8.66. The van der Waals surface area contributed by atoms with E-state index < -0.39 is 0 Å². The van der Waals surface area contributed by atoms with Crippen LogP contribution in [0.3, 0.4) is 0 Å². The summed E-state index contributed by atoms with van der Waals surface area (Å²) < 4.78 is 5.03. The second-order valence-electron chi connectivity index (χ2n) is 3.97. The van der Waals surface area contributed by atoms with Gasteiger partial charge in [0.05, 0.1) is 5.69 Å². The summed E-state index contributed by atoms with van der Waals surface area (Å²) in [4.78, 5) is 11.6. The summed E-state index contributed by atoms with van der Waals surface area (Å²) in [5.74, 6) is 0.741. The van der Waals surface area contributed by atoms with Gasteiger partial charge in [-0.2, -0.15) is 11.3 Å². The predicted molar refractivity (Wildman–Crippen MR) is 69.4 cm³/mol. The van der Waals surface area contributed by atoms with Crippen LogP contribution < -0.4 is 10.6 Å². The van der Waals surface area contributed by atoms with E-state index in [1.165, 1.54) is 0 Å². The summed E-state index contributed by atoms with van der Waals surface area (Å²) in [5, 5.41) is 13.4. The zero-order valence-electron chi connectivity index (χ0n) is 10.3. The van der Waals surface area contributed by atoms with Gasteiger partial charge in [-0.15, -0.1) is 0 Å². The minimum atomic E-state index is -0.193. The van der Waals surface area contributed by atoms with Crippen LogP contribution in [-0.2, 0) is 13.1 Å². The molecule has 0 spiro atoms. The lowest BCUT2D eigenvalue weighted by Crippen LogP contribution is -2.34. The molecule has 0 saturated carbocycles. The average molecular weight is 265 g/mol. The largest absolute Gasteiger partial charge is 0.361 e. The van der Waals surface area contributed by atoms with Gasteiger partial charge in [0, 0.05) is 18.7 Å². The number of hydrogen-bond acceptors (Lipinski definition) is 4. The molecule has 2 aromatic rings. The number of rotatable bonds is 4. The summed E-state index contributed by atoms with van der Waals surface area (Å²) in [7, 11) is 0. The number of carbonyl (C=O) groups is 1. The summed E-state index contributed by atoms with van der Waals surface area (Å²) in [6, 6.07) is 1.79. The molecule has 2 heterocycles.